The normalized spacial score (nSPS) is 13.5. The molecule has 1 amide bonds. The van der Waals surface area contributed by atoms with Gasteiger partial charge in [0.05, 0.1) is 6.04 Å². The lowest BCUT2D eigenvalue weighted by atomic mass is 9.98. The molecule has 2 aromatic rings. The first kappa shape index (κ1) is 16.0. The number of alkyl carbamates (subject to hydrolysis) is 1. The molecule has 122 valence electrons. The molecule has 1 aliphatic carbocycles. The van der Waals surface area contributed by atoms with Crippen molar-refractivity contribution in [2.24, 2.45) is 0 Å². The summed E-state index contributed by atoms with van der Waals surface area (Å²) < 4.78 is 5.40. The van der Waals surface area contributed by atoms with Gasteiger partial charge in [-0.05, 0) is 22.3 Å². The van der Waals surface area contributed by atoms with Gasteiger partial charge in [0.2, 0.25) is 0 Å². The van der Waals surface area contributed by atoms with E-state index in [0.717, 1.165) is 6.29 Å². The molecule has 4 heteroatoms. The van der Waals surface area contributed by atoms with E-state index in [1.54, 1.807) is 0 Å². The summed E-state index contributed by atoms with van der Waals surface area (Å²) in [6.07, 6.45) is 1.92. The molecule has 0 heterocycles. The van der Waals surface area contributed by atoms with Gasteiger partial charge in [0, 0.05) is 12.3 Å². The van der Waals surface area contributed by atoms with Crippen LogP contribution in [0.1, 0.15) is 23.5 Å². The Morgan fingerprint density at radius 3 is 2.25 bits per heavy atom. The van der Waals surface area contributed by atoms with Crippen LogP contribution in [0.4, 0.5) is 4.79 Å². The molecule has 0 aromatic heterocycles. The Hall–Kier alpha value is -2.88. The number of carbonyl (C=O) groups excluding carboxylic acids is 2. The number of nitrogens with one attached hydrogen (secondary N) is 1. The minimum Gasteiger partial charge on any atom is -0.449 e. The number of hydrogen-bond donors (Lipinski definition) is 1. The van der Waals surface area contributed by atoms with Gasteiger partial charge in [0.1, 0.15) is 12.9 Å². The number of ether oxygens (including phenoxy) is 1. The number of benzene rings is 2. The average Bonchev–Trinajstić information content (AvgIpc) is 2.93. The van der Waals surface area contributed by atoms with Crippen molar-refractivity contribution in [3.8, 4) is 11.1 Å². The van der Waals surface area contributed by atoms with E-state index in [0.29, 0.717) is 0 Å². The molecule has 0 aliphatic heterocycles. The first-order chi connectivity index (χ1) is 11.7. The van der Waals surface area contributed by atoms with Crippen LogP contribution in [0, 0.1) is 0 Å². The van der Waals surface area contributed by atoms with Crippen molar-refractivity contribution in [1.82, 2.24) is 5.32 Å². The molecule has 1 atom stereocenters. The third kappa shape index (κ3) is 3.08. The second kappa shape index (κ2) is 7.13. The zero-order valence-corrected chi connectivity index (χ0v) is 13.3. The standard InChI is InChI=1S/C20H19NO3/c1-2-14(11-12-22)21-20(23)24-13-19-17-9-5-3-7-15(17)16-8-4-6-10-18(16)19/h2-10,12,14,19H,1,11,13H2,(H,21,23). The van der Waals surface area contributed by atoms with E-state index in [4.69, 9.17) is 4.74 Å². The van der Waals surface area contributed by atoms with Gasteiger partial charge >= 0.3 is 6.09 Å². The molecule has 1 N–H and O–H groups in total. The van der Waals surface area contributed by atoms with Gasteiger partial charge < -0.3 is 14.8 Å². The van der Waals surface area contributed by atoms with Crippen LogP contribution in [0.25, 0.3) is 11.1 Å². The maximum absolute atomic E-state index is 12.0. The molecule has 0 fully saturated rings. The highest BCUT2D eigenvalue weighted by Crippen LogP contribution is 2.44. The van der Waals surface area contributed by atoms with E-state index in [-0.39, 0.29) is 18.9 Å². The van der Waals surface area contributed by atoms with E-state index in [2.05, 4.69) is 36.2 Å². The lowest BCUT2D eigenvalue weighted by Gasteiger charge is -2.16. The molecule has 1 aliphatic rings. The second-order valence-electron chi connectivity index (χ2n) is 5.71. The summed E-state index contributed by atoms with van der Waals surface area (Å²) in [5.74, 6) is 0.0244. The van der Waals surface area contributed by atoms with Gasteiger partial charge in [-0.3, -0.25) is 0 Å². The highest BCUT2D eigenvalue weighted by molar-refractivity contribution is 5.79. The summed E-state index contributed by atoms with van der Waals surface area (Å²) in [5, 5.41) is 2.63. The first-order valence-electron chi connectivity index (χ1n) is 7.92. The summed E-state index contributed by atoms with van der Waals surface area (Å²) in [6.45, 7) is 3.86. The highest BCUT2D eigenvalue weighted by Gasteiger charge is 2.29. The van der Waals surface area contributed by atoms with Crippen molar-refractivity contribution in [2.45, 2.75) is 18.4 Å². The van der Waals surface area contributed by atoms with Crippen LogP contribution in [0.3, 0.4) is 0 Å². The predicted octanol–water partition coefficient (Wildman–Crippen LogP) is 3.67. The zero-order chi connectivity index (χ0) is 16.9. The van der Waals surface area contributed by atoms with Crippen LogP contribution in [-0.4, -0.2) is 25.0 Å². The fourth-order valence-electron chi connectivity index (χ4n) is 3.11. The predicted molar refractivity (Wildman–Crippen MR) is 92.9 cm³/mol. The molecule has 0 radical (unpaired) electrons. The number of carbonyl (C=O) groups is 2. The first-order valence-corrected chi connectivity index (χ1v) is 7.92. The number of fused-ring (bicyclic) bond motifs is 3. The van der Waals surface area contributed by atoms with Gasteiger partial charge in [-0.1, -0.05) is 54.6 Å². The highest BCUT2D eigenvalue weighted by atomic mass is 16.5. The molecule has 0 spiro atoms. The van der Waals surface area contributed by atoms with Crippen molar-refractivity contribution in [3.05, 3.63) is 72.3 Å². The average molecular weight is 321 g/mol. The minimum atomic E-state index is -0.538. The van der Waals surface area contributed by atoms with Gasteiger partial charge in [0.15, 0.2) is 0 Å². The van der Waals surface area contributed by atoms with Crippen LogP contribution >= 0.6 is 0 Å². The van der Waals surface area contributed by atoms with Crippen LogP contribution in [0.5, 0.6) is 0 Å². The summed E-state index contributed by atoms with van der Waals surface area (Å²) in [4.78, 5) is 22.5. The SMILES string of the molecule is C=CC(CC=O)NC(=O)OCC1c2ccccc2-c2ccccc21. The number of aldehydes is 1. The summed E-state index contributed by atoms with van der Waals surface area (Å²) in [6, 6.07) is 15.9. The molecular weight excluding hydrogens is 302 g/mol. The monoisotopic (exact) mass is 321 g/mol. The number of amides is 1. The minimum absolute atomic E-state index is 0.0244. The molecule has 1 unspecified atom stereocenters. The van der Waals surface area contributed by atoms with Gasteiger partial charge in [0.25, 0.3) is 0 Å². The lowest BCUT2D eigenvalue weighted by Crippen LogP contribution is -2.34. The smallest absolute Gasteiger partial charge is 0.407 e. The summed E-state index contributed by atoms with van der Waals surface area (Å²) in [5.41, 5.74) is 4.71. The molecule has 0 saturated carbocycles. The van der Waals surface area contributed by atoms with Crippen LogP contribution in [-0.2, 0) is 9.53 Å². The third-order valence-corrected chi connectivity index (χ3v) is 4.28. The van der Waals surface area contributed by atoms with E-state index in [1.807, 2.05) is 24.3 Å². The van der Waals surface area contributed by atoms with Gasteiger partial charge in [-0.15, -0.1) is 6.58 Å². The zero-order valence-electron chi connectivity index (χ0n) is 13.3. The molecular formula is C20H19NO3. The van der Waals surface area contributed by atoms with E-state index >= 15 is 0 Å². The largest absolute Gasteiger partial charge is 0.449 e. The fourth-order valence-corrected chi connectivity index (χ4v) is 3.11. The van der Waals surface area contributed by atoms with Gasteiger partial charge in [-0.25, -0.2) is 4.79 Å². The van der Waals surface area contributed by atoms with Crippen LogP contribution < -0.4 is 5.32 Å². The number of rotatable bonds is 6. The topological polar surface area (TPSA) is 55.4 Å². The Balaban J connectivity index is 1.73. The quantitative estimate of drug-likeness (QED) is 0.652. The maximum atomic E-state index is 12.0. The van der Waals surface area contributed by atoms with E-state index in [1.165, 1.54) is 28.3 Å². The van der Waals surface area contributed by atoms with E-state index < -0.39 is 12.1 Å². The molecule has 2 aromatic carbocycles. The van der Waals surface area contributed by atoms with Crippen molar-refractivity contribution in [1.29, 1.82) is 0 Å². The fraction of sp³-hybridized carbons (Fsp3) is 0.200. The Morgan fingerprint density at radius 1 is 1.12 bits per heavy atom. The molecule has 3 rings (SSSR count). The Kier molecular flexibility index (Phi) is 4.75. The Morgan fingerprint density at radius 2 is 1.71 bits per heavy atom. The molecule has 4 nitrogen and oxygen atoms in total. The lowest BCUT2D eigenvalue weighted by molar-refractivity contribution is -0.108. The molecule has 24 heavy (non-hydrogen) atoms. The van der Waals surface area contributed by atoms with E-state index in [9.17, 15) is 9.59 Å². The maximum Gasteiger partial charge on any atom is 0.407 e. The summed E-state index contributed by atoms with van der Waals surface area (Å²) >= 11 is 0. The second-order valence-corrected chi connectivity index (χ2v) is 5.71. The van der Waals surface area contributed by atoms with Gasteiger partial charge in [-0.2, -0.15) is 0 Å². The Bertz CT molecular complexity index is 723. The summed E-state index contributed by atoms with van der Waals surface area (Å²) in [7, 11) is 0. The van der Waals surface area contributed by atoms with Crippen molar-refractivity contribution in [3.63, 3.8) is 0 Å². The van der Waals surface area contributed by atoms with Crippen LogP contribution in [0.15, 0.2) is 61.2 Å². The van der Waals surface area contributed by atoms with Crippen molar-refractivity contribution < 1.29 is 14.3 Å². The molecule has 0 bridgehead atoms. The van der Waals surface area contributed by atoms with Crippen molar-refractivity contribution in [2.75, 3.05) is 6.61 Å². The Labute approximate surface area is 141 Å². The molecule has 0 saturated heterocycles. The number of hydrogen-bond acceptors (Lipinski definition) is 3. The third-order valence-electron chi connectivity index (χ3n) is 4.28. The van der Waals surface area contributed by atoms with Crippen LogP contribution in [0.2, 0.25) is 0 Å². The van der Waals surface area contributed by atoms with Crippen molar-refractivity contribution >= 4 is 12.4 Å².